The largest absolute Gasteiger partial charge is 0.411 e. The molecule has 20 heavy (non-hydrogen) atoms. The van der Waals surface area contributed by atoms with Crippen molar-refractivity contribution in [1.29, 1.82) is 5.26 Å². The van der Waals surface area contributed by atoms with Crippen LogP contribution in [0.15, 0.2) is 23.2 Å². The molecule has 0 amide bonds. The predicted octanol–water partition coefficient (Wildman–Crippen LogP) is 0.810. The van der Waals surface area contributed by atoms with Crippen molar-refractivity contribution in [2.45, 2.75) is 11.1 Å². The fourth-order valence-electron chi connectivity index (χ4n) is 1.21. The average molecular weight is 309 g/mol. The summed E-state index contributed by atoms with van der Waals surface area (Å²) in [6.45, 7) is -2.25. The molecule has 0 saturated heterocycles. The lowest BCUT2D eigenvalue weighted by Crippen LogP contribution is -2.29. The molecule has 1 aromatic heterocycles. The minimum atomic E-state index is -4.46. The molecule has 0 fully saturated rings. The van der Waals surface area contributed by atoms with E-state index in [1.165, 1.54) is 18.3 Å². The number of rotatable bonds is 6. The van der Waals surface area contributed by atoms with Crippen molar-refractivity contribution < 1.29 is 26.3 Å². The zero-order chi connectivity index (χ0) is 15.2. The quantitative estimate of drug-likeness (QED) is 0.785. The maximum absolute atomic E-state index is 11.8. The number of pyridine rings is 1. The van der Waals surface area contributed by atoms with Crippen LogP contribution in [0.4, 0.5) is 13.2 Å². The minimum absolute atomic E-state index is 0.295. The zero-order valence-electron chi connectivity index (χ0n) is 10.0. The van der Waals surface area contributed by atoms with Crippen molar-refractivity contribution in [2.24, 2.45) is 0 Å². The van der Waals surface area contributed by atoms with Crippen LogP contribution >= 0.6 is 0 Å². The summed E-state index contributed by atoms with van der Waals surface area (Å²) in [6, 6.07) is 4.11. The smallest absolute Gasteiger partial charge is 0.371 e. The van der Waals surface area contributed by atoms with Gasteiger partial charge >= 0.3 is 6.18 Å². The van der Waals surface area contributed by atoms with Gasteiger partial charge in [-0.25, -0.2) is 18.1 Å². The van der Waals surface area contributed by atoms with E-state index in [9.17, 15) is 21.6 Å². The topological polar surface area (TPSA) is 92.1 Å². The molecule has 0 bridgehead atoms. The average Bonchev–Trinajstić information content (AvgIpc) is 2.36. The van der Waals surface area contributed by atoms with Gasteiger partial charge in [0.05, 0.1) is 6.61 Å². The number of sulfonamides is 1. The van der Waals surface area contributed by atoms with Crippen LogP contribution in [0.2, 0.25) is 0 Å². The van der Waals surface area contributed by atoms with Gasteiger partial charge in [0.25, 0.3) is 0 Å². The second-order valence-electron chi connectivity index (χ2n) is 3.53. The summed E-state index contributed by atoms with van der Waals surface area (Å²) in [5.41, 5.74) is -0.295. The summed E-state index contributed by atoms with van der Waals surface area (Å²) in [6.07, 6.45) is -3.21. The van der Waals surface area contributed by atoms with E-state index < -0.39 is 29.4 Å². The number of alkyl halides is 3. The number of ether oxygens (including phenoxy) is 1. The van der Waals surface area contributed by atoms with E-state index in [4.69, 9.17) is 5.26 Å². The number of hydrogen-bond acceptors (Lipinski definition) is 5. The van der Waals surface area contributed by atoms with E-state index in [0.29, 0.717) is 0 Å². The maximum atomic E-state index is 11.8. The molecule has 0 atom stereocenters. The molecule has 0 aliphatic rings. The van der Waals surface area contributed by atoms with Gasteiger partial charge in [0.15, 0.2) is 5.69 Å². The van der Waals surface area contributed by atoms with Gasteiger partial charge in [-0.05, 0) is 12.1 Å². The number of nitrogens with zero attached hydrogens (tertiary/aromatic N) is 2. The second kappa shape index (κ2) is 6.65. The van der Waals surface area contributed by atoms with Gasteiger partial charge in [-0.3, -0.25) is 0 Å². The molecule has 1 rings (SSSR count). The van der Waals surface area contributed by atoms with E-state index in [2.05, 4.69) is 9.72 Å². The summed E-state index contributed by atoms with van der Waals surface area (Å²) in [7, 11) is -4.02. The molecule has 0 aromatic carbocycles. The molecule has 6 nitrogen and oxygen atoms in total. The third kappa shape index (κ3) is 5.12. The Morgan fingerprint density at radius 3 is 2.75 bits per heavy atom. The third-order valence-corrected chi connectivity index (χ3v) is 3.46. The van der Waals surface area contributed by atoms with Crippen molar-refractivity contribution in [2.75, 3.05) is 19.8 Å². The summed E-state index contributed by atoms with van der Waals surface area (Å²) in [5, 5.41) is 8.73. The highest BCUT2D eigenvalue weighted by Gasteiger charge is 2.27. The van der Waals surface area contributed by atoms with Crippen LogP contribution in [0, 0.1) is 11.3 Å². The summed E-state index contributed by atoms with van der Waals surface area (Å²) in [5.74, 6) is 0. The third-order valence-electron chi connectivity index (χ3n) is 1.97. The van der Waals surface area contributed by atoms with Gasteiger partial charge in [-0.1, -0.05) is 0 Å². The molecular formula is C10H10F3N3O3S. The van der Waals surface area contributed by atoms with E-state index in [1.54, 1.807) is 6.07 Å². The lowest BCUT2D eigenvalue weighted by molar-refractivity contribution is -0.173. The Morgan fingerprint density at radius 1 is 1.45 bits per heavy atom. The molecule has 10 heteroatoms. The molecule has 0 spiro atoms. The van der Waals surface area contributed by atoms with Crippen molar-refractivity contribution in [3.63, 3.8) is 0 Å². The van der Waals surface area contributed by atoms with Crippen molar-refractivity contribution >= 4 is 10.0 Å². The predicted molar refractivity (Wildman–Crippen MR) is 61.0 cm³/mol. The standard InChI is InChI=1S/C10H10F3N3O3S/c11-10(12,13)7-19-5-4-16-20(17,18)9-2-1-3-15-8(9)6-14/h1-3,16H,4-5,7H2. The lowest BCUT2D eigenvalue weighted by atomic mass is 10.4. The number of nitrogens with one attached hydrogen (secondary N) is 1. The lowest BCUT2D eigenvalue weighted by Gasteiger charge is -2.09. The molecule has 0 unspecified atom stereocenters. The molecule has 1 aromatic rings. The molecular weight excluding hydrogens is 299 g/mol. The first-order valence-corrected chi connectivity index (χ1v) is 6.74. The maximum Gasteiger partial charge on any atom is 0.411 e. The highest BCUT2D eigenvalue weighted by molar-refractivity contribution is 7.89. The highest BCUT2D eigenvalue weighted by Crippen LogP contribution is 2.14. The molecule has 0 aliphatic heterocycles. The van der Waals surface area contributed by atoms with Gasteiger partial charge in [-0.2, -0.15) is 18.4 Å². The van der Waals surface area contributed by atoms with Crippen LogP contribution in [0.3, 0.4) is 0 Å². The molecule has 0 saturated carbocycles. The fraction of sp³-hybridized carbons (Fsp3) is 0.400. The molecule has 0 aliphatic carbocycles. The van der Waals surface area contributed by atoms with Crippen LogP contribution in [0.5, 0.6) is 0 Å². The van der Waals surface area contributed by atoms with Gasteiger partial charge in [0.2, 0.25) is 10.0 Å². The summed E-state index contributed by atoms with van der Waals surface area (Å²) in [4.78, 5) is 3.24. The summed E-state index contributed by atoms with van der Waals surface area (Å²) < 4.78 is 65.2. The highest BCUT2D eigenvalue weighted by atomic mass is 32.2. The Morgan fingerprint density at radius 2 is 2.15 bits per heavy atom. The van der Waals surface area contributed by atoms with Crippen LogP contribution in [-0.4, -0.2) is 39.3 Å². The first-order valence-electron chi connectivity index (χ1n) is 5.25. The number of aromatic nitrogens is 1. The van der Waals surface area contributed by atoms with E-state index in [1.807, 2.05) is 4.72 Å². The Hall–Kier alpha value is -1.70. The Labute approximate surface area is 113 Å². The molecule has 1 heterocycles. The van der Waals surface area contributed by atoms with Gasteiger partial charge in [0, 0.05) is 12.7 Å². The van der Waals surface area contributed by atoms with Gasteiger partial charge < -0.3 is 4.74 Å². The van der Waals surface area contributed by atoms with Gasteiger partial charge in [0.1, 0.15) is 17.6 Å². The van der Waals surface area contributed by atoms with Crippen LogP contribution in [-0.2, 0) is 14.8 Å². The minimum Gasteiger partial charge on any atom is -0.371 e. The number of nitriles is 1. The van der Waals surface area contributed by atoms with Gasteiger partial charge in [-0.15, -0.1) is 0 Å². The van der Waals surface area contributed by atoms with Crippen LogP contribution in [0.1, 0.15) is 5.69 Å². The van der Waals surface area contributed by atoms with Crippen molar-refractivity contribution in [1.82, 2.24) is 9.71 Å². The van der Waals surface area contributed by atoms with E-state index in [0.717, 1.165) is 0 Å². The Kier molecular flexibility index (Phi) is 5.43. The SMILES string of the molecule is N#Cc1ncccc1S(=O)(=O)NCCOCC(F)(F)F. The first-order chi connectivity index (χ1) is 9.26. The monoisotopic (exact) mass is 309 g/mol. The fourth-order valence-corrected chi connectivity index (χ4v) is 2.32. The first kappa shape index (κ1) is 16.4. The molecule has 1 N–H and O–H groups in total. The Bertz CT molecular complexity index is 596. The van der Waals surface area contributed by atoms with Crippen LogP contribution < -0.4 is 4.72 Å². The zero-order valence-corrected chi connectivity index (χ0v) is 10.8. The molecule has 0 radical (unpaired) electrons. The van der Waals surface area contributed by atoms with Crippen molar-refractivity contribution in [3.8, 4) is 6.07 Å². The van der Waals surface area contributed by atoms with Crippen molar-refractivity contribution in [3.05, 3.63) is 24.0 Å². The Balaban J connectivity index is 2.57. The van der Waals surface area contributed by atoms with E-state index in [-0.39, 0.29) is 17.1 Å². The molecule has 110 valence electrons. The second-order valence-corrected chi connectivity index (χ2v) is 5.26. The van der Waals surface area contributed by atoms with E-state index >= 15 is 0 Å². The number of halogens is 3. The normalized spacial score (nSPS) is 12.1. The van der Waals surface area contributed by atoms with Crippen LogP contribution in [0.25, 0.3) is 0 Å². The summed E-state index contributed by atoms with van der Waals surface area (Å²) >= 11 is 0. The number of hydrogen-bond donors (Lipinski definition) is 1.